The van der Waals surface area contributed by atoms with Crippen LogP contribution in [0.1, 0.15) is 37.3 Å². The molecule has 0 saturated heterocycles. The maximum Gasteiger partial charge on any atom is 0.305 e. The number of hydrogen-bond donors (Lipinski definition) is 0. The first-order valence-electron chi connectivity index (χ1n) is 7.97. The Hall–Kier alpha value is -2.76. The van der Waals surface area contributed by atoms with E-state index in [4.69, 9.17) is 9.57 Å². The van der Waals surface area contributed by atoms with Crippen LogP contribution >= 0.6 is 0 Å². The van der Waals surface area contributed by atoms with Gasteiger partial charge in [0.1, 0.15) is 18.6 Å². The third-order valence-electron chi connectivity index (χ3n) is 3.21. The number of unbranched alkanes of at least 4 members (excludes halogenated alkanes) is 1. The molecule has 0 unspecified atom stereocenters. The van der Waals surface area contributed by atoms with Gasteiger partial charge in [0.05, 0.1) is 6.61 Å². The van der Waals surface area contributed by atoms with E-state index in [0.717, 1.165) is 17.5 Å². The van der Waals surface area contributed by atoms with Crippen molar-refractivity contribution in [2.45, 2.75) is 26.2 Å². The molecule has 1 aromatic carbocycles. The van der Waals surface area contributed by atoms with Crippen molar-refractivity contribution in [3.05, 3.63) is 60.2 Å². The zero-order valence-electron chi connectivity index (χ0n) is 13.7. The van der Waals surface area contributed by atoms with Crippen molar-refractivity contribution < 1.29 is 14.4 Å². The van der Waals surface area contributed by atoms with E-state index in [-0.39, 0.29) is 5.97 Å². The first kappa shape index (κ1) is 17.6. The Balaban J connectivity index is 1.91. The lowest BCUT2D eigenvalue weighted by Gasteiger charge is -2.07. The SMILES string of the molecule is CCOC(=O)CCCCO/N=C(\c1ccccc1)c1cncnc1. The predicted molar refractivity (Wildman–Crippen MR) is 90.5 cm³/mol. The summed E-state index contributed by atoms with van der Waals surface area (Å²) in [5, 5.41) is 4.24. The molecule has 0 amide bonds. The molecule has 2 aromatic rings. The second-order valence-corrected chi connectivity index (χ2v) is 5.03. The normalized spacial score (nSPS) is 11.1. The predicted octanol–water partition coefficient (Wildman–Crippen LogP) is 2.98. The maximum absolute atomic E-state index is 11.2. The summed E-state index contributed by atoms with van der Waals surface area (Å²) in [6.07, 6.45) is 6.71. The van der Waals surface area contributed by atoms with Crippen LogP contribution in [0.2, 0.25) is 0 Å². The van der Waals surface area contributed by atoms with Crippen LogP contribution in [0.25, 0.3) is 0 Å². The number of aromatic nitrogens is 2. The van der Waals surface area contributed by atoms with Crippen LogP contribution in [0.4, 0.5) is 0 Å². The van der Waals surface area contributed by atoms with Gasteiger partial charge in [-0.05, 0) is 19.8 Å². The smallest absolute Gasteiger partial charge is 0.305 e. The zero-order valence-corrected chi connectivity index (χ0v) is 13.7. The average molecular weight is 327 g/mol. The molecule has 0 atom stereocenters. The third-order valence-corrected chi connectivity index (χ3v) is 3.21. The van der Waals surface area contributed by atoms with Gasteiger partial charge in [-0.3, -0.25) is 4.79 Å². The molecule has 6 heteroatoms. The Morgan fingerprint density at radius 3 is 2.54 bits per heavy atom. The van der Waals surface area contributed by atoms with Gasteiger partial charge in [-0.1, -0.05) is 35.5 Å². The van der Waals surface area contributed by atoms with Crippen LogP contribution in [0.3, 0.4) is 0 Å². The molecule has 0 radical (unpaired) electrons. The van der Waals surface area contributed by atoms with E-state index in [9.17, 15) is 4.79 Å². The monoisotopic (exact) mass is 327 g/mol. The summed E-state index contributed by atoms with van der Waals surface area (Å²) in [6, 6.07) is 9.73. The Kier molecular flexibility index (Phi) is 7.40. The zero-order chi connectivity index (χ0) is 17.0. The van der Waals surface area contributed by atoms with Gasteiger partial charge in [-0.2, -0.15) is 0 Å². The molecule has 1 heterocycles. The topological polar surface area (TPSA) is 73.7 Å². The second-order valence-electron chi connectivity index (χ2n) is 5.03. The largest absolute Gasteiger partial charge is 0.466 e. The lowest BCUT2D eigenvalue weighted by molar-refractivity contribution is -0.143. The number of oxime groups is 1. The quantitative estimate of drug-likeness (QED) is 0.306. The molecule has 126 valence electrons. The molecular weight excluding hydrogens is 306 g/mol. The second kappa shape index (κ2) is 10.1. The number of nitrogens with zero attached hydrogens (tertiary/aromatic N) is 3. The summed E-state index contributed by atoms with van der Waals surface area (Å²) in [5.74, 6) is -0.174. The fraction of sp³-hybridized carbons (Fsp3) is 0.333. The van der Waals surface area contributed by atoms with Crippen molar-refractivity contribution in [3.8, 4) is 0 Å². The molecule has 0 spiro atoms. The molecule has 0 aliphatic carbocycles. The van der Waals surface area contributed by atoms with Gasteiger partial charge >= 0.3 is 5.97 Å². The lowest BCUT2D eigenvalue weighted by Crippen LogP contribution is -2.06. The molecule has 24 heavy (non-hydrogen) atoms. The number of ether oxygens (including phenoxy) is 1. The summed E-state index contributed by atoms with van der Waals surface area (Å²) < 4.78 is 4.88. The van der Waals surface area contributed by atoms with Crippen molar-refractivity contribution >= 4 is 11.7 Å². The van der Waals surface area contributed by atoms with Crippen LogP contribution in [0.5, 0.6) is 0 Å². The number of rotatable bonds is 9. The van der Waals surface area contributed by atoms with Crippen molar-refractivity contribution in [3.63, 3.8) is 0 Å². The Morgan fingerprint density at radius 2 is 1.83 bits per heavy atom. The van der Waals surface area contributed by atoms with Gasteiger partial charge in [0.25, 0.3) is 0 Å². The molecule has 0 bridgehead atoms. The van der Waals surface area contributed by atoms with Gasteiger partial charge in [0, 0.05) is 29.9 Å². The molecule has 0 fully saturated rings. The van der Waals surface area contributed by atoms with E-state index in [2.05, 4.69) is 15.1 Å². The minimum absolute atomic E-state index is 0.174. The molecule has 1 aromatic heterocycles. The van der Waals surface area contributed by atoms with Gasteiger partial charge in [0.2, 0.25) is 0 Å². The molecule has 0 N–H and O–H groups in total. The van der Waals surface area contributed by atoms with E-state index >= 15 is 0 Å². The van der Waals surface area contributed by atoms with E-state index in [1.54, 1.807) is 19.3 Å². The van der Waals surface area contributed by atoms with Gasteiger partial charge in [-0.25, -0.2) is 9.97 Å². The van der Waals surface area contributed by atoms with Crippen molar-refractivity contribution in [1.29, 1.82) is 0 Å². The summed E-state index contributed by atoms with van der Waals surface area (Å²) in [6.45, 7) is 2.65. The van der Waals surface area contributed by atoms with E-state index in [1.165, 1.54) is 6.33 Å². The minimum Gasteiger partial charge on any atom is -0.466 e. The number of hydrogen-bond acceptors (Lipinski definition) is 6. The molecule has 0 aliphatic rings. The highest BCUT2D eigenvalue weighted by Gasteiger charge is 2.08. The fourth-order valence-corrected chi connectivity index (χ4v) is 2.07. The molecule has 0 aliphatic heterocycles. The highest BCUT2D eigenvalue weighted by Crippen LogP contribution is 2.10. The molecule has 2 rings (SSSR count). The van der Waals surface area contributed by atoms with E-state index in [0.29, 0.717) is 31.8 Å². The standard InChI is InChI=1S/C18H21N3O3/c1-2-23-17(22)10-6-7-11-24-21-18(15-8-4-3-5-9-15)16-12-19-14-20-13-16/h3-5,8-9,12-14H,2,6-7,10-11H2,1H3/b21-18+. The number of carbonyl (C=O) groups excluding carboxylic acids is 1. The van der Waals surface area contributed by atoms with Crippen LogP contribution < -0.4 is 0 Å². The summed E-state index contributed by atoms with van der Waals surface area (Å²) in [7, 11) is 0. The van der Waals surface area contributed by atoms with Crippen LogP contribution in [0, 0.1) is 0 Å². The molecule has 6 nitrogen and oxygen atoms in total. The first-order chi connectivity index (χ1) is 11.8. The first-order valence-corrected chi connectivity index (χ1v) is 7.97. The summed E-state index contributed by atoms with van der Waals surface area (Å²) in [5.41, 5.74) is 2.40. The summed E-state index contributed by atoms with van der Waals surface area (Å²) >= 11 is 0. The van der Waals surface area contributed by atoms with Crippen molar-refractivity contribution in [2.75, 3.05) is 13.2 Å². The van der Waals surface area contributed by atoms with E-state index in [1.807, 2.05) is 30.3 Å². The Labute approximate surface area is 141 Å². The number of benzene rings is 1. The highest BCUT2D eigenvalue weighted by atomic mass is 16.6. The van der Waals surface area contributed by atoms with Gasteiger partial charge < -0.3 is 9.57 Å². The van der Waals surface area contributed by atoms with Crippen molar-refractivity contribution in [2.24, 2.45) is 5.16 Å². The number of carbonyl (C=O) groups is 1. The Bertz CT molecular complexity index is 604. The van der Waals surface area contributed by atoms with Crippen LogP contribution in [-0.4, -0.2) is 34.9 Å². The van der Waals surface area contributed by atoms with Crippen molar-refractivity contribution in [1.82, 2.24) is 9.97 Å². The average Bonchev–Trinajstić information content (AvgIpc) is 2.63. The molecular formula is C18H21N3O3. The molecule has 0 saturated carbocycles. The van der Waals surface area contributed by atoms with Gasteiger partial charge in [-0.15, -0.1) is 0 Å². The highest BCUT2D eigenvalue weighted by molar-refractivity contribution is 6.12. The third kappa shape index (κ3) is 5.79. The van der Waals surface area contributed by atoms with E-state index < -0.39 is 0 Å². The summed E-state index contributed by atoms with van der Waals surface area (Å²) in [4.78, 5) is 24.7. The van der Waals surface area contributed by atoms with Crippen LogP contribution in [-0.2, 0) is 14.4 Å². The fourth-order valence-electron chi connectivity index (χ4n) is 2.07. The number of esters is 1. The minimum atomic E-state index is -0.174. The Morgan fingerprint density at radius 1 is 1.08 bits per heavy atom. The van der Waals surface area contributed by atoms with Crippen LogP contribution in [0.15, 0.2) is 54.2 Å². The maximum atomic E-state index is 11.2. The van der Waals surface area contributed by atoms with Gasteiger partial charge in [0.15, 0.2) is 0 Å². The lowest BCUT2D eigenvalue weighted by atomic mass is 10.1.